The Bertz CT molecular complexity index is 1250. The highest BCUT2D eigenvalue weighted by Crippen LogP contribution is 2.24. The largest absolute Gasteiger partial charge is 0.495 e. The van der Waals surface area contributed by atoms with Gasteiger partial charge in [-0.2, -0.15) is 0 Å². The maximum absolute atomic E-state index is 12.5. The van der Waals surface area contributed by atoms with Crippen molar-refractivity contribution in [3.05, 3.63) is 96.6 Å². The number of fused-ring (bicyclic) bond motifs is 1. The summed E-state index contributed by atoms with van der Waals surface area (Å²) in [4.78, 5) is 24.9. The van der Waals surface area contributed by atoms with Crippen LogP contribution in [0, 0.1) is 0 Å². The van der Waals surface area contributed by atoms with Crippen LogP contribution in [0.15, 0.2) is 91.0 Å². The van der Waals surface area contributed by atoms with Crippen LogP contribution >= 0.6 is 0 Å². The first-order valence-corrected chi connectivity index (χ1v) is 10.2. The van der Waals surface area contributed by atoms with Gasteiger partial charge in [-0.3, -0.25) is 9.59 Å². The molecule has 160 valence electrons. The summed E-state index contributed by atoms with van der Waals surface area (Å²) in [6.45, 7) is 0.129. The van der Waals surface area contributed by atoms with Crippen molar-refractivity contribution in [2.75, 3.05) is 29.6 Å². The van der Waals surface area contributed by atoms with Gasteiger partial charge in [-0.15, -0.1) is 0 Å². The molecule has 6 nitrogen and oxygen atoms in total. The molecule has 0 saturated heterocycles. The first-order valence-electron chi connectivity index (χ1n) is 10.2. The highest BCUT2D eigenvalue weighted by molar-refractivity contribution is 6.05. The predicted molar refractivity (Wildman–Crippen MR) is 128 cm³/mol. The second-order valence-corrected chi connectivity index (χ2v) is 7.16. The number of anilines is 3. The molecule has 4 aromatic carbocycles. The van der Waals surface area contributed by atoms with Crippen molar-refractivity contribution in [3.63, 3.8) is 0 Å². The third kappa shape index (κ3) is 4.87. The lowest BCUT2D eigenvalue weighted by Gasteiger charge is -2.11. The zero-order valence-electron chi connectivity index (χ0n) is 17.6. The van der Waals surface area contributed by atoms with E-state index in [2.05, 4.69) is 16.0 Å². The summed E-state index contributed by atoms with van der Waals surface area (Å²) in [6.07, 6.45) is 0. The minimum Gasteiger partial charge on any atom is -0.495 e. The number of ether oxygens (including phenoxy) is 1. The minimum absolute atomic E-state index is 0.129. The number of para-hydroxylation sites is 2. The quantitative estimate of drug-likeness (QED) is 0.383. The van der Waals surface area contributed by atoms with E-state index in [1.165, 1.54) is 0 Å². The van der Waals surface area contributed by atoms with Gasteiger partial charge in [0.1, 0.15) is 5.75 Å². The average molecular weight is 425 g/mol. The molecule has 0 aliphatic carbocycles. The van der Waals surface area contributed by atoms with Crippen LogP contribution in [0.3, 0.4) is 0 Å². The van der Waals surface area contributed by atoms with Crippen LogP contribution in [0.1, 0.15) is 10.4 Å². The molecule has 2 amide bonds. The second kappa shape index (κ2) is 9.66. The van der Waals surface area contributed by atoms with Crippen molar-refractivity contribution in [1.82, 2.24) is 0 Å². The number of hydrogen-bond acceptors (Lipinski definition) is 4. The Hall–Kier alpha value is -4.32. The van der Waals surface area contributed by atoms with Gasteiger partial charge in [0, 0.05) is 22.3 Å². The van der Waals surface area contributed by atoms with Gasteiger partial charge in [0.15, 0.2) is 0 Å². The van der Waals surface area contributed by atoms with E-state index in [0.29, 0.717) is 22.7 Å². The number of carbonyl (C=O) groups excluding carboxylic acids is 2. The molecule has 0 spiro atoms. The Morgan fingerprint density at radius 2 is 1.44 bits per heavy atom. The Balaban J connectivity index is 1.35. The summed E-state index contributed by atoms with van der Waals surface area (Å²) in [5.74, 6) is 0.151. The first-order chi connectivity index (χ1) is 15.6. The lowest BCUT2D eigenvalue weighted by atomic mass is 10.1. The van der Waals surface area contributed by atoms with Crippen LogP contribution in [0.5, 0.6) is 5.75 Å². The SMILES string of the molecule is COc1ccccc1NC(=O)c1ccc(NC(=O)CNc2cccc3ccccc23)cc1. The molecule has 4 aromatic rings. The van der Waals surface area contributed by atoms with Gasteiger partial charge in [-0.25, -0.2) is 0 Å². The third-order valence-electron chi connectivity index (χ3n) is 5.02. The van der Waals surface area contributed by atoms with Gasteiger partial charge < -0.3 is 20.7 Å². The normalized spacial score (nSPS) is 10.4. The smallest absolute Gasteiger partial charge is 0.255 e. The third-order valence-corrected chi connectivity index (χ3v) is 5.02. The van der Waals surface area contributed by atoms with Crippen LogP contribution in [0.25, 0.3) is 10.8 Å². The van der Waals surface area contributed by atoms with Gasteiger partial charge in [0.25, 0.3) is 5.91 Å². The summed E-state index contributed by atoms with van der Waals surface area (Å²) in [5, 5.41) is 11.0. The van der Waals surface area contributed by atoms with Gasteiger partial charge in [-0.1, -0.05) is 48.5 Å². The predicted octanol–water partition coefficient (Wildman–Crippen LogP) is 5.15. The molecule has 0 saturated carbocycles. The molecule has 0 aliphatic heterocycles. The Labute approximate surface area is 186 Å². The maximum Gasteiger partial charge on any atom is 0.255 e. The zero-order valence-corrected chi connectivity index (χ0v) is 17.6. The van der Waals surface area contributed by atoms with E-state index >= 15 is 0 Å². The lowest BCUT2D eigenvalue weighted by molar-refractivity contribution is -0.114. The van der Waals surface area contributed by atoms with Crippen LogP contribution in [0.2, 0.25) is 0 Å². The highest BCUT2D eigenvalue weighted by Gasteiger charge is 2.10. The molecule has 3 N–H and O–H groups in total. The molecule has 0 bridgehead atoms. The number of rotatable bonds is 7. The Morgan fingerprint density at radius 3 is 2.25 bits per heavy atom. The van der Waals surface area contributed by atoms with Crippen LogP contribution in [-0.2, 0) is 4.79 Å². The molecule has 32 heavy (non-hydrogen) atoms. The monoisotopic (exact) mass is 425 g/mol. The van der Waals surface area contributed by atoms with E-state index in [9.17, 15) is 9.59 Å². The molecule has 0 radical (unpaired) electrons. The number of nitrogens with one attached hydrogen (secondary N) is 3. The van der Waals surface area contributed by atoms with E-state index in [1.807, 2.05) is 54.6 Å². The standard InChI is InChI=1S/C26H23N3O3/c1-32-24-12-5-4-10-23(24)29-26(31)19-13-15-20(16-14-19)28-25(30)17-27-22-11-6-8-18-7-2-3-9-21(18)22/h2-16,27H,17H2,1H3,(H,28,30)(H,29,31). The van der Waals surface area contributed by atoms with Crippen molar-refractivity contribution in [3.8, 4) is 5.75 Å². The van der Waals surface area contributed by atoms with Gasteiger partial charge in [0.2, 0.25) is 5.91 Å². The fraction of sp³-hybridized carbons (Fsp3) is 0.0769. The fourth-order valence-electron chi connectivity index (χ4n) is 3.41. The topological polar surface area (TPSA) is 79.5 Å². The van der Waals surface area contributed by atoms with E-state index in [1.54, 1.807) is 43.5 Å². The van der Waals surface area contributed by atoms with Gasteiger partial charge in [-0.05, 0) is 47.9 Å². The molecular weight excluding hydrogens is 402 g/mol. The Morgan fingerprint density at radius 1 is 0.750 bits per heavy atom. The molecule has 0 aliphatic rings. The van der Waals surface area contributed by atoms with E-state index in [4.69, 9.17) is 4.74 Å². The zero-order chi connectivity index (χ0) is 22.3. The fourth-order valence-corrected chi connectivity index (χ4v) is 3.41. The Kier molecular flexibility index (Phi) is 6.32. The van der Waals surface area contributed by atoms with Crippen molar-refractivity contribution >= 4 is 39.6 Å². The first kappa shape index (κ1) is 20.9. The summed E-state index contributed by atoms with van der Waals surface area (Å²) in [7, 11) is 1.55. The molecule has 0 aromatic heterocycles. The van der Waals surface area contributed by atoms with E-state index in [-0.39, 0.29) is 18.4 Å². The van der Waals surface area contributed by atoms with Crippen LogP contribution in [-0.4, -0.2) is 25.5 Å². The maximum atomic E-state index is 12.5. The number of carbonyl (C=O) groups is 2. The molecule has 0 heterocycles. The van der Waals surface area contributed by atoms with E-state index in [0.717, 1.165) is 16.5 Å². The lowest BCUT2D eigenvalue weighted by Crippen LogP contribution is -2.22. The van der Waals surface area contributed by atoms with E-state index < -0.39 is 0 Å². The summed E-state index contributed by atoms with van der Waals surface area (Å²) >= 11 is 0. The number of hydrogen-bond donors (Lipinski definition) is 3. The molecule has 0 fully saturated rings. The van der Waals surface area contributed by atoms with Crippen molar-refractivity contribution in [2.45, 2.75) is 0 Å². The number of methoxy groups -OCH3 is 1. The summed E-state index contributed by atoms with van der Waals surface area (Å²) in [6, 6.07) is 27.9. The highest BCUT2D eigenvalue weighted by atomic mass is 16.5. The van der Waals surface area contributed by atoms with Crippen LogP contribution in [0.4, 0.5) is 17.1 Å². The summed E-state index contributed by atoms with van der Waals surface area (Å²) in [5.41, 5.74) is 2.59. The van der Waals surface area contributed by atoms with Crippen molar-refractivity contribution in [1.29, 1.82) is 0 Å². The van der Waals surface area contributed by atoms with Crippen LogP contribution < -0.4 is 20.7 Å². The number of amides is 2. The van der Waals surface area contributed by atoms with Crippen molar-refractivity contribution in [2.24, 2.45) is 0 Å². The average Bonchev–Trinajstić information content (AvgIpc) is 2.83. The van der Waals surface area contributed by atoms with Gasteiger partial charge >= 0.3 is 0 Å². The number of benzene rings is 4. The molecular formula is C26H23N3O3. The summed E-state index contributed by atoms with van der Waals surface area (Å²) < 4.78 is 5.26. The van der Waals surface area contributed by atoms with Crippen molar-refractivity contribution < 1.29 is 14.3 Å². The minimum atomic E-state index is -0.259. The molecule has 4 rings (SSSR count). The molecule has 6 heteroatoms. The molecule has 0 unspecified atom stereocenters. The second-order valence-electron chi connectivity index (χ2n) is 7.16. The molecule has 0 atom stereocenters. The van der Waals surface area contributed by atoms with Gasteiger partial charge in [0.05, 0.1) is 19.3 Å².